The molecule has 0 spiro atoms. The van der Waals surface area contributed by atoms with Crippen molar-refractivity contribution in [1.29, 1.82) is 5.26 Å². The Balaban J connectivity index is 1.70. The molecule has 0 bridgehead atoms. The zero-order valence-corrected chi connectivity index (χ0v) is 17.3. The topological polar surface area (TPSA) is 45.9 Å². The first-order chi connectivity index (χ1) is 13.6. The molecule has 0 saturated heterocycles. The van der Waals surface area contributed by atoms with Crippen LogP contribution >= 0.6 is 11.3 Å². The third-order valence-corrected chi connectivity index (χ3v) is 6.37. The second-order valence-electron chi connectivity index (χ2n) is 7.69. The number of hydrogen-bond acceptors (Lipinski definition) is 4. The van der Waals surface area contributed by atoms with Crippen LogP contribution in [0.2, 0.25) is 0 Å². The quantitative estimate of drug-likeness (QED) is 0.507. The van der Waals surface area contributed by atoms with E-state index < -0.39 is 0 Å². The monoisotopic (exact) mass is 388 g/mol. The van der Waals surface area contributed by atoms with Crippen molar-refractivity contribution in [2.24, 2.45) is 0 Å². The first kappa shape index (κ1) is 18.7. The van der Waals surface area contributed by atoms with E-state index in [9.17, 15) is 5.26 Å². The van der Waals surface area contributed by atoms with Gasteiger partial charge in [0.05, 0.1) is 16.5 Å². The number of nitriles is 1. The molecule has 0 unspecified atom stereocenters. The normalized spacial score (nSPS) is 15.9. The number of nitrogens with zero attached hydrogens (tertiary/aromatic N) is 2. The molecule has 1 aliphatic carbocycles. The number of hydrogen-bond donors (Lipinski definition) is 0. The lowest BCUT2D eigenvalue weighted by molar-refractivity contribution is 0.242. The van der Waals surface area contributed by atoms with Gasteiger partial charge in [0.2, 0.25) is 0 Å². The van der Waals surface area contributed by atoms with Gasteiger partial charge in [0.15, 0.2) is 0 Å². The predicted octanol–water partition coefficient (Wildman–Crippen LogP) is 6.58. The molecule has 4 rings (SSSR count). The van der Waals surface area contributed by atoms with E-state index in [1.165, 1.54) is 34.4 Å². The molecule has 1 heterocycles. The molecule has 0 N–H and O–H groups in total. The van der Waals surface area contributed by atoms with Crippen molar-refractivity contribution in [1.82, 2.24) is 4.98 Å². The van der Waals surface area contributed by atoms with Gasteiger partial charge in [0.25, 0.3) is 0 Å². The van der Waals surface area contributed by atoms with E-state index in [0.717, 1.165) is 17.0 Å². The van der Waals surface area contributed by atoms with E-state index in [4.69, 9.17) is 4.74 Å². The van der Waals surface area contributed by atoms with E-state index in [2.05, 4.69) is 36.2 Å². The summed E-state index contributed by atoms with van der Waals surface area (Å²) >= 11 is 1.69. The molecule has 4 heteroatoms. The number of rotatable bonds is 4. The van der Waals surface area contributed by atoms with Crippen LogP contribution in [0.15, 0.2) is 42.6 Å². The number of ether oxygens (including phenoxy) is 1. The number of fused-ring (bicyclic) bond motifs is 1. The van der Waals surface area contributed by atoms with Crippen LogP contribution in [0, 0.1) is 11.3 Å². The Kier molecular flexibility index (Phi) is 5.19. The number of aromatic nitrogens is 1. The molecule has 0 aliphatic heterocycles. The van der Waals surface area contributed by atoms with E-state index in [1.807, 2.05) is 38.2 Å². The Labute approximate surface area is 170 Å². The van der Waals surface area contributed by atoms with Crippen LogP contribution < -0.4 is 4.74 Å². The van der Waals surface area contributed by atoms with Gasteiger partial charge in [0.1, 0.15) is 16.8 Å². The van der Waals surface area contributed by atoms with Gasteiger partial charge in [-0.1, -0.05) is 25.1 Å². The van der Waals surface area contributed by atoms with Crippen molar-refractivity contribution in [3.05, 3.63) is 59.3 Å². The molecule has 3 aromatic rings. The average Bonchev–Trinajstić information content (AvgIpc) is 3.18. The SMILES string of the molecule is CC(C)Oc1ccc(-c2ncc(-c3cccc4c3CCC[C@@H]4C)s2)cc1C#N. The smallest absolute Gasteiger partial charge is 0.137 e. The van der Waals surface area contributed by atoms with Gasteiger partial charge >= 0.3 is 0 Å². The van der Waals surface area contributed by atoms with Crippen molar-refractivity contribution in [2.45, 2.75) is 52.1 Å². The Morgan fingerprint density at radius 1 is 1.25 bits per heavy atom. The summed E-state index contributed by atoms with van der Waals surface area (Å²) in [4.78, 5) is 5.86. The Hall–Kier alpha value is -2.64. The molecular formula is C24H24N2OS. The summed E-state index contributed by atoms with van der Waals surface area (Å²) in [6.07, 6.45) is 5.67. The highest BCUT2D eigenvalue weighted by Crippen LogP contribution is 2.40. The molecule has 1 atom stereocenters. The van der Waals surface area contributed by atoms with E-state index in [0.29, 0.717) is 17.2 Å². The van der Waals surface area contributed by atoms with Crippen molar-refractivity contribution in [3.63, 3.8) is 0 Å². The minimum absolute atomic E-state index is 0.0380. The summed E-state index contributed by atoms with van der Waals surface area (Å²) < 4.78 is 5.73. The first-order valence-corrected chi connectivity index (χ1v) is 10.7. The fraction of sp³-hybridized carbons (Fsp3) is 0.333. The van der Waals surface area contributed by atoms with Crippen molar-refractivity contribution in [3.8, 4) is 32.8 Å². The van der Waals surface area contributed by atoms with Gasteiger partial charge in [-0.3, -0.25) is 0 Å². The largest absolute Gasteiger partial charge is 0.490 e. The van der Waals surface area contributed by atoms with Crippen LogP contribution in [0.1, 0.15) is 56.2 Å². The van der Waals surface area contributed by atoms with Gasteiger partial charge in [-0.05, 0) is 73.9 Å². The summed E-state index contributed by atoms with van der Waals surface area (Å²) in [5, 5.41) is 10.4. The average molecular weight is 389 g/mol. The van der Waals surface area contributed by atoms with Crippen LogP contribution in [0.3, 0.4) is 0 Å². The van der Waals surface area contributed by atoms with Crippen LogP contribution in [0.25, 0.3) is 21.0 Å². The second kappa shape index (κ2) is 7.77. The molecule has 0 fully saturated rings. The Morgan fingerprint density at radius 2 is 2.11 bits per heavy atom. The van der Waals surface area contributed by atoms with Crippen LogP contribution in [0.4, 0.5) is 0 Å². The van der Waals surface area contributed by atoms with Crippen LogP contribution in [-0.2, 0) is 6.42 Å². The maximum Gasteiger partial charge on any atom is 0.137 e. The maximum atomic E-state index is 9.50. The van der Waals surface area contributed by atoms with Crippen LogP contribution in [0.5, 0.6) is 5.75 Å². The highest BCUT2D eigenvalue weighted by atomic mass is 32.1. The lowest BCUT2D eigenvalue weighted by Gasteiger charge is -2.24. The molecule has 142 valence electrons. The summed E-state index contributed by atoms with van der Waals surface area (Å²) in [6.45, 7) is 6.25. The zero-order chi connectivity index (χ0) is 19.7. The molecule has 0 amide bonds. The standard InChI is InChI=1S/C24H24N2OS/c1-15(2)27-22-11-10-17(12-18(22)13-25)24-26-14-23(28-24)21-9-5-7-19-16(3)6-4-8-20(19)21/h5,7,9-12,14-16H,4,6,8H2,1-3H3/t16-/m0/s1. The highest BCUT2D eigenvalue weighted by Gasteiger charge is 2.20. The van der Waals surface area contributed by atoms with Gasteiger partial charge in [-0.2, -0.15) is 5.26 Å². The number of benzene rings is 2. The van der Waals surface area contributed by atoms with E-state index >= 15 is 0 Å². The number of thiazole rings is 1. The summed E-state index contributed by atoms with van der Waals surface area (Å²) in [7, 11) is 0. The van der Waals surface area contributed by atoms with Gasteiger partial charge < -0.3 is 4.74 Å². The molecule has 28 heavy (non-hydrogen) atoms. The highest BCUT2D eigenvalue weighted by molar-refractivity contribution is 7.18. The predicted molar refractivity (Wildman–Crippen MR) is 115 cm³/mol. The molecule has 1 aliphatic rings. The minimum Gasteiger partial charge on any atom is -0.490 e. The minimum atomic E-state index is 0.0380. The fourth-order valence-electron chi connectivity index (χ4n) is 3.96. The Bertz CT molecular complexity index is 1040. The van der Waals surface area contributed by atoms with E-state index in [-0.39, 0.29) is 6.10 Å². The van der Waals surface area contributed by atoms with Crippen molar-refractivity contribution < 1.29 is 4.74 Å². The molecule has 0 radical (unpaired) electrons. The first-order valence-electron chi connectivity index (χ1n) is 9.86. The third kappa shape index (κ3) is 3.55. The zero-order valence-electron chi connectivity index (χ0n) is 16.5. The summed E-state index contributed by atoms with van der Waals surface area (Å²) in [6, 6.07) is 14.7. The molecule has 3 nitrogen and oxygen atoms in total. The van der Waals surface area contributed by atoms with Crippen molar-refractivity contribution >= 4 is 11.3 Å². The Morgan fingerprint density at radius 3 is 2.89 bits per heavy atom. The summed E-state index contributed by atoms with van der Waals surface area (Å²) in [5.41, 5.74) is 5.79. The lowest BCUT2D eigenvalue weighted by Crippen LogP contribution is -2.07. The maximum absolute atomic E-state index is 9.50. The lowest BCUT2D eigenvalue weighted by atomic mass is 9.81. The van der Waals surface area contributed by atoms with Crippen LogP contribution in [-0.4, -0.2) is 11.1 Å². The van der Waals surface area contributed by atoms with E-state index in [1.54, 1.807) is 11.3 Å². The molecular weight excluding hydrogens is 364 g/mol. The van der Waals surface area contributed by atoms with Gasteiger partial charge in [0, 0.05) is 11.8 Å². The summed E-state index contributed by atoms with van der Waals surface area (Å²) in [5.74, 6) is 1.26. The molecule has 2 aromatic carbocycles. The molecule has 1 aromatic heterocycles. The third-order valence-electron chi connectivity index (χ3n) is 5.29. The molecule has 0 saturated carbocycles. The van der Waals surface area contributed by atoms with Crippen molar-refractivity contribution in [2.75, 3.05) is 0 Å². The van der Waals surface area contributed by atoms with Gasteiger partial charge in [-0.15, -0.1) is 11.3 Å². The second-order valence-corrected chi connectivity index (χ2v) is 8.72. The van der Waals surface area contributed by atoms with Gasteiger partial charge in [-0.25, -0.2) is 4.98 Å². The fourth-order valence-corrected chi connectivity index (χ4v) is 4.92.